The highest BCUT2D eigenvalue weighted by Gasteiger charge is 2.21. The smallest absolute Gasteiger partial charge is 0.338 e. The molecule has 1 amide bonds. The Bertz CT molecular complexity index is 836. The van der Waals surface area contributed by atoms with Crippen LogP contribution in [0.25, 0.3) is 0 Å². The predicted molar refractivity (Wildman–Crippen MR) is 109 cm³/mol. The van der Waals surface area contributed by atoms with Gasteiger partial charge in [0.05, 0.1) is 10.1 Å². The van der Waals surface area contributed by atoms with Gasteiger partial charge in [-0.15, -0.1) is 23.5 Å². The van der Waals surface area contributed by atoms with Crippen LogP contribution in [0, 0.1) is 12.7 Å². The van der Waals surface area contributed by atoms with E-state index in [-0.39, 0.29) is 0 Å². The van der Waals surface area contributed by atoms with Gasteiger partial charge in [-0.1, -0.05) is 18.2 Å². The van der Waals surface area contributed by atoms with Crippen LogP contribution in [0.15, 0.2) is 42.5 Å². The second-order valence-corrected chi connectivity index (χ2v) is 8.92. The minimum atomic E-state index is -0.998. The van der Waals surface area contributed by atoms with Crippen LogP contribution < -0.4 is 5.32 Å². The minimum absolute atomic E-state index is 0.321. The maximum absolute atomic E-state index is 13.6. The normalized spacial score (nSPS) is 15.4. The van der Waals surface area contributed by atoms with E-state index in [0.29, 0.717) is 21.4 Å². The van der Waals surface area contributed by atoms with E-state index in [1.807, 2.05) is 35.7 Å². The number of hydrogen-bond acceptors (Lipinski definition) is 5. The third kappa shape index (κ3) is 5.05. The van der Waals surface area contributed by atoms with Gasteiger partial charge in [0.15, 0.2) is 6.10 Å². The number of esters is 1. The van der Waals surface area contributed by atoms with Crippen molar-refractivity contribution in [3.05, 3.63) is 65.0 Å². The van der Waals surface area contributed by atoms with Gasteiger partial charge in [0, 0.05) is 17.2 Å². The Morgan fingerprint density at radius 1 is 1.15 bits per heavy atom. The molecule has 1 atom stereocenters. The lowest BCUT2D eigenvalue weighted by atomic mass is 10.1. The number of aryl methyl sites for hydroxylation is 1. The molecule has 1 heterocycles. The zero-order valence-corrected chi connectivity index (χ0v) is 16.7. The number of benzene rings is 2. The van der Waals surface area contributed by atoms with Gasteiger partial charge in [0.1, 0.15) is 5.82 Å². The monoisotopic (exact) mass is 405 g/mol. The van der Waals surface area contributed by atoms with Crippen molar-refractivity contribution in [2.75, 3.05) is 16.8 Å². The topological polar surface area (TPSA) is 55.4 Å². The molecule has 3 rings (SSSR count). The highest BCUT2D eigenvalue weighted by atomic mass is 32.2. The van der Waals surface area contributed by atoms with Crippen LogP contribution in [0.5, 0.6) is 0 Å². The van der Waals surface area contributed by atoms with Crippen molar-refractivity contribution in [3.8, 4) is 0 Å². The van der Waals surface area contributed by atoms with Crippen molar-refractivity contribution in [2.45, 2.75) is 24.5 Å². The summed E-state index contributed by atoms with van der Waals surface area (Å²) in [7, 11) is 0. The first-order valence-electron chi connectivity index (χ1n) is 8.55. The molecular weight excluding hydrogens is 385 g/mol. The molecule has 4 nitrogen and oxygen atoms in total. The molecule has 7 heteroatoms. The first-order valence-corrected chi connectivity index (χ1v) is 10.6. The van der Waals surface area contributed by atoms with Gasteiger partial charge in [-0.25, -0.2) is 9.18 Å². The van der Waals surface area contributed by atoms with Crippen molar-refractivity contribution in [3.63, 3.8) is 0 Å². The molecule has 142 valence electrons. The molecule has 0 aliphatic carbocycles. The molecule has 0 radical (unpaired) electrons. The number of ether oxygens (including phenoxy) is 1. The molecule has 1 aliphatic heterocycles. The molecule has 0 unspecified atom stereocenters. The molecular formula is C20H20FNO3S2. The molecule has 0 aromatic heterocycles. The third-order valence-electron chi connectivity index (χ3n) is 4.13. The molecule has 1 N–H and O–H groups in total. The van der Waals surface area contributed by atoms with E-state index in [1.54, 1.807) is 31.2 Å². The lowest BCUT2D eigenvalue weighted by Crippen LogP contribution is -2.30. The fourth-order valence-electron chi connectivity index (χ4n) is 2.52. The highest BCUT2D eigenvalue weighted by Crippen LogP contribution is 2.45. The number of carbonyl (C=O) groups is 2. The average Bonchev–Trinajstić information content (AvgIpc) is 3.19. The molecule has 0 spiro atoms. The van der Waals surface area contributed by atoms with E-state index >= 15 is 0 Å². The Morgan fingerprint density at radius 3 is 2.44 bits per heavy atom. The Hall–Kier alpha value is -1.99. The second kappa shape index (κ2) is 8.80. The summed E-state index contributed by atoms with van der Waals surface area (Å²) in [6, 6.07) is 11.7. The van der Waals surface area contributed by atoms with Crippen molar-refractivity contribution in [2.24, 2.45) is 0 Å². The van der Waals surface area contributed by atoms with E-state index in [0.717, 1.165) is 11.5 Å². The maximum Gasteiger partial charge on any atom is 0.338 e. The first kappa shape index (κ1) is 19.8. The second-order valence-electron chi connectivity index (χ2n) is 6.20. The molecule has 1 fully saturated rings. The molecule has 1 aliphatic rings. The van der Waals surface area contributed by atoms with Crippen LogP contribution in [0.1, 0.15) is 33.0 Å². The molecule has 0 bridgehead atoms. The van der Waals surface area contributed by atoms with E-state index in [9.17, 15) is 14.0 Å². The van der Waals surface area contributed by atoms with Crippen molar-refractivity contribution in [1.82, 2.24) is 0 Å². The maximum atomic E-state index is 13.6. The first-order chi connectivity index (χ1) is 12.9. The van der Waals surface area contributed by atoms with E-state index in [1.165, 1.54) is 18.6 Å². The fraction of sp³-hybridized carbons (Fsp3) is 0.300. The number of halogens is 1. The minimum Gasteiger partial charge on any atom is -0.449 e. The van der Waals surface area contributed by atoms with E-state index < -0.39 is 23.8 Å². The summed E-state index contributed by atoms with van der Waals surface area (Å²) in [5.74, 6) is 0.789. The van der Waals surface area contributed by atoms with Crippen LogP contribution in [-0.2, 0) is 9.53 Å². The Labute approximate surface area is 166 Å². The van der Waals surface area contributed by atoms with Crippen molar-refractivity contribution in [1.29, 1.82) is 0 Å². The summed E-state index contributed by atoms with van der Waals surface area (Å²) in [5.41, 5.74) is 2.38. The zero-order valence-electron chi connectivity index (χ0n) is 15.0. The summed E-state index contributed by atoms with van der Waals surface area (Å²) in [4.78, 5) is 24.5. The molecule has 2 aromatic carbocycles. The fourth-order valence-corrected chi connectivity index (χ4v) is 5.38. The summed E-state index contributed by atoms with van der Waals surface area (Å²) in [6.07, 6.45) is -0.998. The molecule has 0 saturated carbocycles. The molecule has 1 saturated heterocycles. The number of rotatable bonds is 5. The Kier molecular flexibility index (Phi) is 6.44. The Balaban J connectivity index is 1.57. The highest BCUT2D eigenvalue weighted by molar-refractivity contribution is 8.19. The standard InChI is InChI=1S/C20H20FNO3S2/c1-12-3-8-16(11-17(12)21)22-18(23)13(2)25-19(24)14-4-6-15(7-5-14)20-26-9-10-27-20/h3-8,11,13,20H,9-10H2,1-2H3,(H,22,23)/t13-/m1/s1. The SMILES string of the molecule is Cc1ccc(NC(=O)[C@@H](C)OC(=O)c2ccc(C3SCCS3)cc2)cc1F. The number of hydrogen-bond donors (Lipinski definition) is 1. The lowest BCUT2D eigenvalue weighted by Gasteiger charge is -2.14. The van der Waals surface area contributed by atoms with Crippen LogP contribution >= 0.6 is 23.5 Å². The van der Waals surface area contributed by atoms with E-state index in [4.69, 9.17) is 4.74 Å². The summed E-state index contributed by atoms with van der Waals surface area (Å²) in [6.45, 7) is 3.12. The average molecular weight is 406 g/mol. The van der Waals surface area contributed by atoms with Crippen molar-refractivity contribution < 1.29 is 18.7 Å². The van der Waals surface area contributed by atoms with Gasteiger partial charge in [0.2, 0.25) is 0 Å². The van der Waals surface area contributed by atoms with Gasteiger partial charge >= 0.3 is 5.97 Å². The summed E-state index contributed by atoms with van der Waals surface area (Å²) < 4.78 is 19.2. The molecule has 2 aromatic rings. The number of anilines is 1. The predicted octanol–water partition coefficient (Wildman–Crippen LogP) is 4.80. The number of nitrogens with one attached hydrogen (secondary N) is 1. The number of thioether (sulfide) groups is 2. The van der Waals surface area contributed by atoms with Gasteiger partial charge < -0.3 is 10.1 Å². The van der Waals surface area contributed by atoms with E-state index in [2.05, 4.69) is 5.32 Å². The summed E-state index contributed by atoms with van der Waals surface area (Å²) >= 11 is 3.79. The zero-order chi connectivity index (χ0) is 19.4. The molecule has 27 heavy (non-hydrogen) atoms. The Morgan fingerprint density at radius 2 is 1.81 bits per heavy atom. The summed E-state index contributed by atoms with van der Waals surface area (Å²) in [5, 5.41) is 2.55. The number of carbonyl (C=O) groups excluding carboxylic acids is 2. The van der Waals surface area contributed by atoms with Gasteiger partial charge in [-0.3, -0.25) is 4.79 Å². The van der Waals surface area contributed by atoms with Gasteiger partial charge in [-0.05, 0) is 49.2 Å². The van der Waals surface area contributed by atoms with Crippen LogP contribution in [-0.4, -0.2) is 29.5 Å². The quantitative estimate of drug-likeness (QED) is 0.725. The van der Waals surface area contributed by atoms with Crippen LogP contribution in [0.4, 0.5) is 10.1 Å². The van der Waals surface area contributed by atoms with Gasteiger partial charge in [-0.2, -0.15) is 0 Å². The largest absolute Gasteiger partial charge is 0.449 e. The third-order valence-corrected chi connectivity index (χ3v) is 7.24. The van der Waals surface area contributed by atoms with Crippen LogP contribution in [0.3, 0.4) is 0 Å². The van der Waals surface area contributed by atoms with Gasteiger partial charge in [0.25, 0.3) is 5.91 Å². The number of amides is 1. The lowest BCUT2D eigenvalue weighted by molar-refractivity contribution is -0.123. The van der Waals surface area contributed by atoms with Crippen LogP contribution in [0.2, 0.25) is 0 Å². The van der Waals surface area contributed by atoms with Crippen molar-refractivity contribution >= 4 is 41.1 Å².